The smallest absolute Gasteiger partial charge is 0.319 e. The van der Waals surface area contributed by atoms with Crippen molar-refractivity contribution in [3.05, 3.63) is 48.0 Å². The van der Waals surface area contributed by atoms with Crippen LogP contribution in [0.1, 0.15) is 23.2 Å². The van der Waals surface area contributed by atoms with E-state index in [1.807, 2.05) is 0 Å². The van der Waals surface area contributed by atoms with Crippen molar-refractivity contribution < 1.29 is 19.1 Å². The number of anilines is 1. The van der Waals surface area contributed by atoms with Crippen molar-refractivity contribution in [1.29, 1.82) is 0 Å². The van der Waals surface area contributed by atoms with E-state index >= 15 is 0 Å². The van der Waals surface area contributed by atoms with Crippen LogP contribution in [0.5, 0.6) is 0 Å². The monoisotopic (exact) mass is 389 g/mol. The van der Waals surface area contributed by atoms with Gasteiger partial charge in [0.05, 0.1) is 17.9 Å². The summed E-state index contributed by atoms with van der Waals surface area (Å²) in [6.45, 7) is 1.52. The van der Waals surface area contributed by atoms with Gasteiger partial charge in [-0.05, 0) is 37.6 Å². The highest BCUT2D eigenvalue weighted by Gasteiger charge is 2.21. The SMILES string of the molecule is O=C(NCCO)Nc1cn(-c2cccc(F)c2)cc1C(=O)N[C@H]1CCCNC1. The van der Waals surface area contributed by atoms with Crippen LogP contribution in [0.25, 0.3) is 5.69 Å². The normalized spacial score (nSPS) is 16.4. The summed E-state index contributed by atoms with van der Waals surface area (Å²) in [4.78, 5) is 24.8. The number of aromatic nitrogens is 1. The number of rotatable bonds is 6. The lowest BCUT2D eigenvalue weighted by atomic mass is 10.1. The number of hydrogen-bond acceptors (Lipinski definition) is 4. The molecule has 1 aliphatic heterocycles. The summed E-state index contributed by atoms with van der Waals surface area (Å²) in [5, 5.41) is 20.1. The van der Waals surface area contributed by atoms with Crippen LogP contribution >= 0.6 is 0 Å². The Morgan fingerprint density at radius 3 is 2.89 bits per heavy atom. The molecule has 0 spiro atoms. The van der Waals surface area contributed by atoms with Crippen molar-refractivity contribution in [1.82, 2.24) is 20.5 Å². The average molecular weight is 389 g/mol. The minimum atomic E-state index is -0.542. The van der Waals surface area contributed by atoms with Gasteiger partial charge in [0.2, 0.25) is 0 Å². The highest BCUT2D eigenvalue weighted by molar-refractivity contribution is 6.03. The Balaban J connectivity index is 1.84. The quantitative estimate of drug-likeness (QED) is 0.512. The zero-order valence-electron chi connectivity index (χ0n) is 15.4. The van der Waals surface area contributed by atoms with Crippen molar-refractivity contribution >= 4 is 17.6 Å². The standard InChI is InChI=1S/C19H24FN5O3/c20-13-3-1-5-15(9-13)25-11-16(17(12-25)24-19(28)22-7-8-26)18(27)23-14-4-2-6-21-10-14/h1,3,5,9,11-12,14,21,26H,2,4,6-8,10H2,(H,23,27)(H2,22,24,28)/t14-/m0/s1. The molecular formula is C19H24FN5O3. The molecule has 1 fully saturated rings. The number of piperidine rings is 1. The molecule has 150 valence electrons. The number of benzene rings is 1. The fourth-order valence-electron chi connectivity index (χ4n) is 3.09. The van der Waals surface area contributed by atoms with Crippen molar-refractivity contribution in [2.75, 3.05) is 31.6 Å². The number of aliphatic hydroxyl groups excluding tert-OH is 1. The molecule has 0 saturated carbocycles. The molecule has 1 saturated heterocycles. The van der Waals surface area contributed by atoms with Gasteiger partial charge in [0.1, 0.15) is 5.82 Å². The number of carbonyl (C=O) groups excluding carboxylic acids is 2. The van der Waals surface area contributed by atoms with Crippen LogP contribution in [0.4, 0.5) is 14.9 Å². The first-order valence-electron chi connectivity index (χ1n) is 9.22. The lowest BCUT2D eigenvalue weighted by Crippen LogP contribution is -2.45. The van der Waals surface area contributed by atoms with Crippen LogP contribution in [-0.2, 0) is 0 Å². The first kappa shape index (κ1) is 19.8. The van der Waals surface area contributed by atoms with Crippen LogP contribution in [0, 0.1) is 5.82 Å². The summed E-state index contributed by atoms with van der Waals surface area (Å²) in [5.74, 6) is -0.720. The van der Waals surface area contributed by atoms with Crippen molar-refractivity contribution in [2.24, 2.45) is 0 Å². The highest BCUT2D eigenvalue weighted by Crippen LogP contribution is 2.22. The molecule has 1 aromatic heterocycles. The minimum Gasteiger partial charge on any atom is -0.395 e. The Morgan fingerprint density at radius 2 is 2.18 bits per heavy atom. The van der Waals surface area contributed by atoms with Gasteiger partial charge >= 0.3 is 6.03 Å². The van der Waals surface area contributed by atoms with Crippen LogP contribution in [0.15, 0.2) is 36.7 Å². The summed E-state index contributed by atoms with van der Waals surface area (Å²) in [7, 11) is 0. The molecule has 0 bridgehead atoms. The maximum absolute atomic E-state index is 13.6. The second-order valence-electron chi connectivity index (χ2n) is 6.59. The second-order valence-corrected chi connectivity index (χ2v) is 6.59. The van der Waals surface area contributed by atoms with Crippen LogP contribution < -0.4 is 21.3 Å². The molecule has 0 unspecified atom stereocenters. The van der Waals surface area contributed by atoms with Gasteiger partial charge in [-0.3, -0.25) is 4.79 Å². The third-order valence-electron chi connectivity index (χ3n) is 4.46. The molecule has 2 heterocycles. The summed E-state index contributed by atoms with van der Waals surface area (Å²) in [6.07, 6.45) is 4.97. The third-order valence-corrected chi connectivity index (χ3v) is 4.46. The van der Waals surface area contributed by atoms with Gasteiger partial charge in [0, 0.05) is 37.2 Å². The molecule has 0 aliphatic carbocycles. The second kappa shape index (κ2) is 9.34. The lowest BCUT2D eigenvalue weighted by Gasteiger charge is -2.23. The van der Waals surface area contributed by atoms with E-state index in [1.165, 1.54) is 12.1 Å². The summed E-state index contributed by atoms with van der Waals surface area (Å²) in [6, 6.07) is 5.40. The Labute approximate surface area is 162 Å². The third kappa shape index (κ3) is 5.08. The van der Waals surface area contributed by atoms with Crippen molar-refractivity contribution in [3.63, 3.8) is 0 Å². The summed E-state index contributed by atoms with van der Waals surface area (Å²) < 4.78 is 15.2. The van der Waals surface area contributed by atoms with Gasteiger partial charge in [0.25, 0.3) is 5.91 Å². The number of aliphatic hydroxyl groups is 1. The molecule has 1 atom stereocenters. The number of nitrogens with one attached hydrogen (secondary N) is 4. The summed E-state index contributed by atoms with van der Waals surface area (Å²) >= 11 is 0. The predicted molar refractivity (Wildman–Crippen MR) is 103 cm³/mol. The highest BCUT2D eigenvalue weighted by atomic mass is 19.1. The first-order valence-corrected chi connectivity index (χ1v) is 9.22. The van der Waals surface area contributed by atoms with E-state index in [1.54, 1.807) is 29.1 Å². The fourth-order valence-corrected chi connectivity index (χ4v) is 3.09. The zero-order chi connectivity index (χ0) is 19.9. The van der Waals surface area contributed by atoms with Crippen molar-refractivity contribution in [3.8, 4) is 5.69 Å². The molecule has 3 amide bonds. The molecule has 2 aromatic rings. The van der Waals surface area contributed by atoms with E-state index < -0.39 is 11.8 Å². The van der Waals surface area contributed by atoms with Gasteiger partial charge in [-0.2, -0.15) is 0 Å². The molecular weight excluding hydrogens is 365 g/mol. The molecule has 0 radical (unpaired) electrons. The van der Waals surface area contributed by atoms with Crippen LogP contribution in [-0.4, -0.2) is 53.9 Å². The molecule has 1 aromatic carbocycles. The van der Waals surface area contributed by atoms with E-state index in [9.17, 15) is 14.0 Å². The Morgan fingerprint density at radius 1 is 1.32 bits per heavy atom. The largest absolute Gasteiger partial charge is 0.395 e. The fraction of sp³-hybridized carbons (Fsp3) is 0.368. The topological polar surface area (TPSA) is 107 Å². The minimum absolute atomic E-state index is 0.00911. The maximum atomic E-state index is 13.6. The lowest BCUT2D eigenvalue weighted by molar-refractivity contribution is 0.0931. The Hall–Kier alpha value is -2.91. The van der Waals surface area contributed by atoms with Crippen molar-refractivity contribution in [2.45, 2.75) is 18.9 Å². The van der Waals surface area contributed by atoms with Gasteiger partial charge in [-0.25, -0.2) is 9.18 Å². The predicted octanol–water partition coefficient (Wildman–Crippen LogP) is 1.21. The molecule has 28 heavy (non-hydrogen) atoms. The molecule has 8 nitrogen and oxygen atoms in total. The number of halogens is 1. The van der Waals surface area contributed by atoms with E-state index in [0.29, 0.717) is 17.9 Å². The van der Waals surface area contributed by atoms with Gasteiger partial charge in [0.15, 0.2) is 0 Å². The number of hydrogen-bond donors (Lipinski definition) is 5. The number of nitrogens with zero attached hydrogens (tertiary/aromatic N) is 1. The molecule has 9 heteroatoms. The zero-order valence-corrected chi connectivity index (χ0v) is 15.4. The summed E-state index contributed by atoms with van der Waals surface area (Å²) in [5.41, 5.74) is 1.09. The molecule has 1 aliphatic rings. The van der Waals surface area contributed by atoms with Gasteiger partial charge in [-0.15, -0.1) is 0 Å². The van der Waals surface area contributed by atoms with E-state index in [4.69, 9.17) is 5.11 Å². The van der Waals surface area contributed by atoms with Gasteiger partial charge < -0.3 is 30.9 Å². The van der Waals surface area contributed by atoms with Crippen LogP contribution in [0.3, 0.4) is 0 Å². The average Bonchev–Trinajstić information content (AvgIpc) is 3.11. The number of amides is 3. The number of carbonyl (C=O) groups is 2. The van der Waals surface area contributed by atoms with E-state index in [0.717, 1.165) is 19.4 Å². The van der Waals surface area contributed by atoms with E-state index in [-0.39, 0.29) is 30.7 Å². The molecule has 5 N–H and O–H groups in total. The number of urea groups is 1. The van der Waals surface area contributed by atoms with E-state index in [2.05, 4.69) is 21.3 Å². The molecule has 3 rings (SSSR count). The Kier molecular flexibility index (Phi) is 6.62. The Bertz CT molecular complexity index is 833. The van der Waals surface area contributed by atoms with Gasteiger partial charge in [-0.1, -0.05) is 6.07 Å². The van der Waals surface area contributed by atoms with Crippen LogP contribution in [0.2, 0.25) is 0 Å². The maximum Gasteiger partial charge on any atom is 0.319 e. The first-order chi connectivity index (χ1) is 13.6.